The highest BCUT2D eigenvalue weighted by molar-refractivity contribution is 5.88. The molecule has 1 atom stereocenters. The van der Waals surface area contributed by atoms with E-state index < -0.39 is 6.10 Å². The minimum absolute atomic E-state index is 0.409. The fourth-order valence-electron chi connectivity index (χ4n) is 2.34. The first kappa shape index (κ1) is 14.0. The third kappa shape index (κ3) is 2.91. The summed E-state index contributed by atoms with van der Waals surface area (Å²) in [5, 5.41) is 17.7. The van der Waals surface area contributed by atoms with Crippen molar-refractivity contribution in [3.8, 4) is 0 Å². The number of nitrogens with zero attached hydrogens (tertiary/aromatic N) is 5. The summed E-state index contributed by atoms with van der Waals surface area (Å²) in [6, 6.07) is 0. The molecule has 114 valence electrons. The van der Waals surface area contributed by atoms with Gasteiger partial charge < -0.3 is 20.1 Å². The second kappa shape index (κ2) is 5.82. The van der Waals surface area contributed by atoms with Gasteiger partial charge in [0, 0.05) is 26.7 Å². The number of hydrogen-bond donors (Lipinski definition) is 2. The quantitative estimate of drug-likeness (QED) is 0.819. The first-order valence-electron chi connectivity index (χ1n) is 7.09. The molecule has 0 saturated carbocycles. The molecule has 21 heavy (non-hydrogen) atoms. The zero-order chi connectivity index (χ0) is 14.8. The van der Waals surface area contributed by atoms with Gasteiger partial charge in [-0.2, -0.15) is 15.1 Å². The Morgan fingerprint density at radius 1 is 1.38 bits per heavy atom. The molecular formula is C13H20N6O2. The van der Waals surface area contributed by atoms with Crippen molar-refractivity contribution in [3.63, 3.8) is 0 Å². The maximum absolute atomic E-state index is 9.40. The number of anilines is 2. The predicted molar refractivity (Wildman–Crippen MR) is 79.5 cm³/mol. The Morgan fingerprint density at radius 3 is 2.86 bits per heavy atom. The van der Waals surface area contributed by atoms with Gasteiger partial charge in [-0.25, -0.2) is 0 Å². The molecule has 2 N–H and O–H groups in total. The Bertz CT molecular complexity index is 620. The van der Waals surface area contributed by atoms with Gasteiger partial charge in [0.05, 0.1) is 30.9 Å². The van der Waals surface area contributed by atoms with Gasteiger partial charge in [0.1, 0.15) is 5.82 Å². The highest BCUT2D eigenvalue weighted by Crippen LogP contribution is 2.25. The smallest absolute Gasteiger partial charge is 0.226 e. The molecular weight excluding hydrogens is 272 g/mol. The third-order valence-electron chi connectivity index (χ3n) is 3.44. The number of rotatable bonds is 4. The van der Waals surface area contributed by atoms with Crippen LogP contribution in [0, 0.1) is 0 Å². The van der Waals surface area contributed by atoms with E-state index in [0.717, 1.165) is 29.9 Å². The van der Waals surface area contributed by atoms with E-state index in [4.69, 9.17) is 4.74 Å². The van der Waals surface area contributed by atoms with Crippen LogP contribution in [-0.4, -0.2) is 63.8 Å². The molecule has 0 unspecified atom stereocenters. The van der Waals surface area contributed by atoms with Crippen molar-refractivity contribution in [2.24, 2.45) is 7.05 Å². The molecule has 1 fully saturated rings. The molecule has 1 aliphatic heterocycles. The highest BCUT2D eigenvalue weighted by atomic mass is 16.5. The van der Waals surface area contributed by atoms with E-state index in [1.165, 1.54) is 0 Å². The first-order valence-corrected chi connectivity index (χ1v) is 7.09. The first-order chi connectivity index (χ1) is 10.1. The lowest BCUT2D eigenvalue weighted by molar-refractivity contribution is 0.122. The summed E-state index contributed by atoms with van der Waals surface area (Å²) >= 11 is 0. The fourth-order valence-corrected chi connectivity index (χ4v) is 2.34. The zero-order valence-electron chi connectivity index (χ0n) is 12.3. The maximum atomic E-state index is 9.40. The van der Waals surface area contributed by atoms with E-state index in [9.17, 15) is 5.11 Å². The van der Waals surface area contributed by atoms with Gasteiger partial charge in [-0.3, -0.25) is 4.68 Å². The summed E-state index contributed by atoms with van der Waals surface area (Å²) in [4.78, 5) is 11.2. The largest absolute Gasteiger partial charge is 0.392 e. The number of hydrogen-bond acceptors (Lipinski definition) is 7. The molecule has 0 aliphatic carbocycles. The minimum atomic E-state index is -0.456. The van der Waals surface area contributed by atoms with Crippen molar-refractivity contribution in [1.29, 1.82) is 0 Å². The molecule has 0 bridgehead atoms. The van der Waals surface area contributed by atoms with Crippen LogP contribution in [0.4, 0.5) is 11.8 Å². The van der Waals surface area contributed by atoms with Crippen molar-refractivity contribution in [1.82, 2.24) is 19.7 Å². The molecule has 2 aromatic heterocycles. The molecule has 8 nitrogen and oxygen atoms in total. The molecule has 0 radical (unpaired) electrons. The standard InChI is InChI=1S/C13H20N6O2/c1-9(20)7-14-13-16-11-10(8-15-18(11)2)12(17-13)19-3-5-21-6-4-19/h8-9,20H,3-7H2,1-2H3,(H,14,16,17)/t9-/m1/s1. The lowest BCUT2D eigenvalue weighted by Gasteiger charge is -2.28. The van der Waals surface area contributed by atoms with E-state index in [0.29, 0.717) is 25.7 Å². The molecule has 8 heteroatoms. The van der Waals surface area contributed by atoms with Crippen LogP contribution < -0.4 is 10.2 Å². The monoisotopic (exact) mass is 292 g/mol. The lowest BCUT2D eigenvalue weighted by atomic mass is 10.3. The molecule has 1 aliphatic rings. The summed E-state index contributed by atoms with van der Waals surface area (Å²) in [5.74, 6) is 1.37. The van der Waals surface area contributed by atoms with Gasteiger partial charge in [0.2, 0.25) is 5.95 Å². The summed E-state index contributed by atoms with van der Waals surface area (Å²) in [7, 11) is 1.86. The van der Waals surface area contributed by atoms with E-state index in [1.54, 1.807) is 17.8 Å². The van der Waals surface area contributed by atoms with Crippen LogP contribution in [0.5, 0.6) is 0 Å². The van der Waals surface area contributed by atoms with E-state index >= 15 is 0 Å². The number of aliphatic hydroxyl groups excluding tert-OH is 1. The van der Waals surface area contributed by atoms with Gasteiger partial charge in [0.25, 0.3) is 0 Å². The summed E-state index contributed by atoms with van der Waals surface area (Å²) in [6.45, 7) is 5.13. The van der Waals surface area contributed by atoms with Crippen LogP contribution in [0.15, 0.2) is 6.20 Å². The van der Waals surface area contributed by atoms with Crippen molar-refractivity contribution < 1.29 is 9.84 Å². The Kier molecular flexibility index (Phi) is 3.89. The minimum Gasteiger partial charge on any atom is -0.392 e. The summed E-state index contributed by atoms with van der Waals surface area (Å²) in [5.41, 5.74) is 0.777. The van der Waals surface area contributed by atoms with Crippen LogP contribution in [0.1, 0.15) is 6.92 Å². The highest BCUT2D eigenvalue weighted by Gasteiger charge is 2.19. The molecule has 3 rings (SSSR count). The maximum Gasteiger partial charge on any atom is 0.226 e. The molecule has 3 heterocycles. The van der Waals surface area contributed by atoms with Crippen LogP contribution in [0.2, 0.25) is 0 Å². The Morgan fingerprint density at radius 2 is 2.14 bits per heavy atom. The van der Waals surface area contributed by atoms with Crippen LogP contribution in [0.3, 0.4) is 0 Å². The predicted octanol–water partition coefficient (Wildman–Crippen LogP) is -0.00740. The van der Waals surface area contributed by atoms with Gasteiger partial charge >= 0.3 is 0 Å². The van der Waals surface area contributed by atoms with Gasteiger partial charge in [-0.15, -0.1) is 0 Å². The molecule has 0 aromatic carbocycles. The second-order valence-electron chi connectivity index (χ2n) is 5.21. The van der Waals surface area contributed by atoms with Gasteiger partial charge in [-0.1, -0.05) is 0 Å². The molecule has 2 aromatic rings. The van der Waals surface area contributed by atoms with Crippen molar-refractivity contribution in [2.45, 2.75) is 13.0 Å². The number of fused-ring (bicyclic) bond motifs is 1. The summed E-state index contributed by atoms with van der Waals surface area (Å²) < 4.78 is 7.12. The van der Waals surface area contributed by atoms with Gasteiger partial charge in [0.15, 0.2) is 5.65 Å². The molecule has 0 amide bonds. The number of aromatic nitrogens is 4. The van der Waals surface area contributed by atoms with Crippen molar-refractivity contribution >= 4 is 22.8 Å². The van der Waals surface area contributed by atoms with E-state index in [2.05, 4.69) is 25.3 Å². The lowest BCUT2D eigenvalue weighted by Crippen LogP contribution is -2.37. The Balaban J connectivity index is 1.99. The SMILES string of the molecule is C[C@@H](O)CNc1nc(N2CCOCC2)c2cnn(C)c2n1. The number of morpholine rings is 1. The van der Waals surface area contributed by atoms with Crippen molar-refractivity contribution in [2.75, 3.05) is 43.1 Å². The summed E-state index contributed by atoms with van der Waals surface area (Å²) in [6.07, 6.45) is 1.33. The van der Waals surface area contributed by atoms with Gasteiger partial charge in [-0.05, 0) is 6.92 Å². The number of aryl methyl sites for hydroxylation is 1. The van der Waals surface area contributed by atoms with E-state index in [1.807, 2.05) is 7.05 Å². The zero-order valence-corrected chi connectivity index (χ0v) is 12.3. The van der Waals surface area contributed by atoms with Crippen LogP contribution in [0.25, 0.3) is 11.0 Å². The Labute approximate surface area is 122 Å². The van der Waals surface area contributed by atoms with Crippen LogP contribution >= 0.6 is 0 Å². The Hall–Kier alpha value is -1.93. The third-order valence-corrected chi connectivity index (χ3v) is 3.44. The van der Waals surface area contributed by atoms with Crippen molar-refractivity contribution in [3.05, 3.63) is 6.20 Å². The second-order valence-corrected chi connectivity index (χ2v) is 5.21. The number of ether oxygens (including phenoxy) is 1. The van der Waals surface area contributed by atoms with E-state index in [-0.39, 0.29) is 0 Å². The fraction of sp³-hybridized carbons (Fsp3) is 0.615. The average Bonchev–Trinajstić information content (AvgIpc) is 2.87. The van der Waals surface area contributed by atoms with Crippen LogP contribution in [-0.2, 0) is 11.8 Å². The number of aliphatic hydroxyl groups is 1. The topological polar surface area (TPSA) is 88.3 Å². The number of nitrogens with one attached hydrogen (secondary N) is 1. The molecule has 0 spiro atoms. The molecule has 1 saturated heterocycles. The normalized spacial score (nSPS) is 17.2. The average molecular weight is 292 g/mol.